The summed E-state index contributed by atoms with van der Waals surface area (Å²) in [5.74, 6) is -1.52. The molecule has 7 nitrogen and oxygen atoms in total. The molecule has 7 heteroatoms. The van der Waals surface area contributed by atoms with Crippen molar-refractivity contribution < 1.29 is 24.0 Å². The zero-order valence-electron chi connectivity index (χ0n) is 21.3. The van der Waals surface area contributed by atoms with Crippen molar-refractivity contribution in [3.63, 3.8) is 0 Å². The molecule has 0 aromatic heterocycles. The molecule has 2 aliphatic heterocycles. The van der Waals surface area contributed by atoms with Crippen molar-refractivity contribution in [2.75, 3.05) is 9.96 Å². The van der Waals surface area contributed by atoms with Crippen LogP contribution in [-0.4, -0.2) is 23.9 Å². The molecule has 39 heavy (non-hydrogen) atoms. The first-order chi connectivity index (χ1) is 19.0. The largest absolute Gasteiger partial charge is 0.423 e. The number of hydrogen-bond acceptors (Lipinski definition) is 6. The second-order valence-corrected chi connectivity index (χ2v) is 9.51. The van der Waals surface area contributed by atoms with Crippen LogP contribution >= 0.6 is 0 Å². The Balaban J connectivity index is 1.32. The Bertz CT molecular complexity index is 1500. The number of benzene rings is 4. The second-order valence-electron chi connectivity index (χ2n) is 9.51. The predicted octanol–water partition coefficient (Wildman–Crippen LogP) is 5.52. The van der Waals surface area contributed by atoms with Gasteiger partial charge in [-0.1, -0.05) is 67.6 Å². The number of nitrogens with zero attached hydrogens (tertiary/aromatic N) is 2. The first-order valence-electron chi connectivity index (χ1n) is 12.9. The minimum atomic E-state index is -0.954. The fourth-order valence-corrected chi connectivity index (χ4v) is 5.16. The lowest BCUT2D eigenvalue weighted by Crippen LogP contribution is -2.37. The van der Waals surface area contributed by atoms with E-state index in [2.05, 4.69) is 6.92 Å². The average molecular weight is 519 g/mol. The fraction of sp³-hybridized carbons (Fsp3) is 0.156. The molecular weight excluding hydrogens is 492 g/mol. The average Bonchev–Trinajstić information content (AvgIpc) is 3.50. The molecule has 4 aromatic carbocycles. The lowest BCUT2D eigenvalue weighted by molar-refractivity contribution is -0.126. The Morgan fingerprint density at radius 3 is 2.05 bits per heavy atom. The number of amides is 2. The fourth-order valence-electron chi connectivity index (χ4n) is 5.16. The van der Waals surface area contributed by atoms with E-state index < -0.39 is 24.0 Å². The summed E-state index contributed by atoms with van der Waals surface area (Å²) in [5, 5.41) is 1.65. The molecule has 2 aliphatic rings. The third-order valence-electron chi connectivity index (χ3n) is 7.17. The topological polar surface area (TPSA) is 76.2 Å². The first kappa shape index (κ1) is 24.6. The van der Waals surface area contributed by atoms with Crippen molar-refractivity contribution in [1.29, 1.82) is 0 Å². The van der Waals surface area contributed by atoms with Gasteiger partial charge >= 0.3 is 5.97 Å². The number of hydrogen-bond donors (Lipinski definition) is 0. The lowest BCUT2D eigenvalue weighted by atomic mass is 9.90. The van der Waals surface area contributed by atoms with Gasteiger partial charge < -0.3 is 4.74 Å². The highest BCUT2D eigenvalue weighted by atomic mass is 16.7. The Kier molecular flexibility index (Phi) is 6.42. The quantitative estimate of drug-likeness (QED) is 0.190. The van der Waals surface area contributed by atoms with Crippen LogP contribution in [0.1, 0.15) is 34.5 Å². The molecule has 0 bridgehead atoms. The van der Waals surface area contributed by atoms with Crippen LogP contribution in [0.3, 0.4) is 0 Å². The zero-order valence-corrected chi connectivity index (χ0v) is 21.3. The molecule has 4 aromatic rings. The molecule has 0 radical (unpaired) electrons. The maximum absolute atomic E-state index is 13.8. The summed E-state index contributed by atoms with van der Waals surface area (Å²) in [6.45, 7) is 2.05. The highest BCUT2D eigenvalue weighted by molar-refractivity contribution is 6.23. The van der Waals surface area contributed by atoms with Gasteiger partial charge in [0.25, 0.3) is 5.91 Å². The standard InChI is InChI=1S/C32H26N2O5/c1-2-21-13-17-24(18-14-21)33-30(35)27-28(34(39-29(27)31(33)36)25-11-7-4-8-12-25)22-15-19-26(20-16-22)38-32(37)23-9-5-3-6-10-23/h3-20,27-29H,2H2,1H3/t27-,28-,29-/m0/s1. The van der Waals surface area contributed by atoms with Gasteiger partial charge in [-0.3, -0.25) is 14.4 Å². The summed E-state index contributed by atoms with van der Waals surface area (Å²) in [5.41, 5.74) is 3.60. The SMILES string of the molecule is CCc1ccc(N2C(=O)[C@@H]3[C@H](ON(c4ccccc4)[C@H]3c3ccc(OC(=O)c4ccccc4)cc3)C2=O)cc1. The minimum absolute atomic E-state index is 0.308. The number of esters is 1. The number of anilines is 2. The number of aryl methyl sites for hydroxylation is 1. The third-order valence-corrected chi connectivity index (χ3v) is 7.17. The smallest absolute Gasteiger partial charge is 0.343 e. The van der Waals surface area contributed by atoms with E-state index in [4.69, 9.17) is 9.57 Å². The van der Waals surface area contributed by atoms with E-state index >= 15 is 0 Å². The number of carbonyl (C=O) groups excluding carboxylic acids is 3. The third kappa shape index (κ3) is 4.47. The molecular formula is C32H26N2O5. The molecule has 0 saturated carbocycles. The van der Waals surface area contributed by atoms with Crippen LogP contribution in [0.5, 0.6) is 5.75 Å². The van der Waals surface area contributed by atoms with Crippen molar-refractivity contribution in [2.45, 2.75) is 25.5 Å². The van der Waals surface area contributed by atoms with Crippen LogP contribution in [-0.2, 0) is 20.8 Å². The molecule has 0 aliphatic carbocycles. The molecule has 3 atom stereocenters. The molecule has 6 rings (SSSR count). The van der Waals surface area contributed by atoms with Crippen LogP contribution in [0.25, 0.3) is 0 Å². The maximum Gasteiger partial charge on any atom is 0.343 e. The number of hydroxylamine groups is 1. The summed E-state index contributed by atoms with van der Waals surface area (Å²) in [7, 11) is 0. The second kappa shape index (κ2) is 10.2. The molecule has 0 unspecified atom stereocenters. The van der Waals surface area contributed by atoms with E-state index in [9.17, 15) is 14.4 Å². The minimum Gasteiger partial charge on any atom is -0.423 e. The van der Waals surface area contributed by atoms with E-state index in [1.165, 1.54) is 4.90 Å². The van der Waals surface area contributed by atoms with Crippen LogP contribution < -0.4 is 14.7 Å². The highest BCUT2D eigenvalue weighted by Gasteiger charge is 2.60. The van der Waals surface area contributed by atoms with E-state index in [1.807, 2.05) is 48.5 Å². The van der Waals surface area contributed by atoms with Gasteiger partial charge in [-0.25, -0.2) is 14.8 Å². The van der Waals surface area contributed by atoms with Crippen molar-refractivity contribution in [3.8, 4) is 5.75 Å². The predicted molar refractivity (Wildman–Crippen MR) is 146 cm³/mol. The number of para-hydroxylation sites is 1. The van der Waals surface area contributed by atoms with Crippen LogP contribution in [0.4, 0.5) is 11.4 Å². The van der Waals surface area contributed by atoms with Crippen LogP contribution in [0, 0.1) is 5.92 Å². The van der Waals surface area contributed by atoms with E-state index in [0.29, 0.717) is 17.0 Å². The summed E-state index contributed by atoms with van der Waals surface area (Å²) < 4.78 is 5.54. The molecule has 2 fully saturated rings. The Morgan fingerprint density at radius 2 is 1.41 bits per heavy atom. The number of imide groups is 1. The van der Waals surface area contributed by atoms with E-state index in [1.54, 1.807) is 65.7 Å². The van der Waals surface area contributed by atoms with Gasteiger partial charge in [0.2, 0.25) is 5.91 Å². The van der Waals surface area contributed by atoms with Crippen molar-refractivity contribution >= 4 is 29.2 Å². The molecule has 0 N–H and O–H groups in total. The van der Waals surface area contributed by atoms with Crippen molar-refractivity contribution in [1.82, 2.24) is 0 Å². The maximum atomic E-state index is 13.8. The van der Waals surface area contributed by atoms with Gasteiger partial charge in [0.15, 0.2) is 6.10 Å². The molecule has 2 saturated heterocycles. The van der Waals surface area contributed by atoms with Gasteiger partial charge in [0.1, 0.15) is 11.7 Å². The van der Waals surface area contributed by atoms with Crippen molar-refractivity contribution in [2.24, 2.45) is 5.92 Å². The van der Waals surface area contributed by atoms with Gasteiger partial charge in [-0.05, 0) is 66.1 Å². The summed E-state index contributed by atoms with van der Waals surface area (Å²) in [6, 6.07) is 32.0. The van der Waals surface area contributed by atoms with E-state index in [0.717, 1.165) is 23.2 Å². The summed E-state index contributed by atoms with van der Waals surface area (Å²) >= 11 is 0. The normalized spacial score (nSPS) is 20.3. The Hall–Kier alpha value is -4.75. The Morgan fingerprint density at radius 1 is 0.769 bits per heavy atom. The molecule has 2 heterocycles. The van der Waals surface area contributed by atoms with Crippen LogP contribution in [0.2, 0.25) is 0 Å². The molecule has 0 spiro atoms. The highest BCUT2D eigenvalue weighted by Crippen LogP contribution is 2.47. The van der Waals surface area contributed by atoms with E-state index in [-0.39, 0.29) is 11.8 Å². The van der Waals surface area contributed by atoms with Crippen molar-refractivity contribution in [3.05, 3.63) is 126 Å². The zero-order chi connectivity index (χ0) is 26.9. The number of ether oxygens (including phenoxy) is 1. The van der Waals surface area contributed by atoms with Crippen LogP contribution in [0.15, 0.2) is 109 Å². The monoisotopic (exact) mass is 518 g/mol. The lowest BCUT2D eigenvalue weighted by Gasteiger charge is -2.28. The summed E-state index contributed by atoms with van der Waals surface area (Å²) in [4.78, 5) is 47.3. The van der Waals surface area contributed by atoms with Gasteiger partial charge in [-0.15, -0.1) is 0 Å². The molecule has 194 valence electrons. The van der Waals surface area contributed by atoms with Gasteiger partial charge in [0, 0.05) is 0 Å². The van der Waals surface area contributed by atoms with Gasteiger partial charge in [0.05, 0.1) is 23.0 Å². The molecule has 2 amide bonds. The number of carbonyl (C=O) groups is 3. The Labute approximate surface area is 226 Å². The number of fused-ring (bicyclic) bond motifs is 1. The first-order valence-corrected chi connectivity index (χ1v) is 12.9. The summed E-state index contributed by atoms with van der Waals surface area (Å²) in [6.07, 6.45) is -0.0921. The number of rotatable bonds is 6. The van der Waals surface area contributed by atoms with Gasteiger partial charge in [-0.2, -0.15) is 0 Å².